The van der Waals surface area contributed by atoms with Crippen LogP contribution in [0.5, 0.6) is 0 Å². The van der Waals surface area contributed by atoms with E-state index in [1.807, 2.05) is 0 Å². The highest BCUT2D eigenvalue weighted by Gasteiger charge is 2.03. The molecule has 16 heavy (non-hydrogen) atoms. The second-order valence-electron chi connectivity index (χ2n) is 3.36. The van der Waals surface area contributed by atoms with Gasteiger partial charge in [-0.2, -0.15) is 0 Å². The molecule has 0 saturated heterocycles. The van der Waals surface area contributed by atoms with E-state index in [4.69, 9.17) is 16.7 Å². The van der Waals surface area contributed by atoms with Gasteiger partial charge in [-0.1, -0.05) is 11.6 Å². The fourth-order valence-corrected chi connectivity index (χ4v) is 1.69. The summed E-state index contributed by atoms with van der Waals surface area (Å²) >= 11 is 9.12. The molecule has 0 spiro atoms. The van der Waals surface area contributed by atoms with Crippen molar-refractivity contribution in [2.75, 3.05) is 11.9 Å². The number of carbonyl (C=O) groups excluding carboxylic acids is 1. The average Bonchev–Trinajstić information content (AvgIpc) is 2.24. The van der Waals surface area contributed by atoms with Crippen LogP contribution in [0.4, 0.5) is 5.69 Å². The Hall–Kier alpha value is -0.580. The summed E-state index contributed by atoms with van der Waals surface area (Å²) in [5, 5.41) is 12.0. The Morgan fingerprint density at radius 1 is 1.44 bits per heavy atom. The first-order valence-corrected chi connectivity index (χ1v) is 6.16. The van der Waals surface area contributed by atoms with Crippen LogP contribution in [0.25, 0.3) is 0 Å². The van der Waals surface area contributed by atoms with Gasteiger partial charge in [0.25, 0.3) is 0 Å². The van der Waals surface area contributed by atoms with Gasteiger partial charge in [0.15, 0.2) is 0 Å². The van der Waals surface area contributed by atoms with E-state index in [0.29, 0.717) is 30.0 Å². The number of nitrogens with one attached hydrogen (secondary N) is 1. The van der Waals surface area contributed by atoms with Gasteiger partial charge in [0.2, 0.25) is 5.91 Å². The Kier molecular flexibility index (Phi) is 5.80. The number of halogens is 2. The molecule has 0 aliphatic heterocycles. The smallest absolute Gasteiger partial charge is 0.224 e. The number of hydrogen-bond donors (Lipinski definition) is 2. The van der Waals surface area contributed by atoms with E-state index in [1.54, 1.807) is 18.2 Å². The van der Waals surface area contributed by atoms with Gasteiger partial charge in [-0.25, -0.2) is 0 Å². The van der Waals surface area contributed by atoms with Crippen molar-refractivity contribution in [1.82, 2.24) is 0 Å². The van der Waals surface area contributed by atoms with E-state index in [0.717, 1.165) is 4.47 Å². The molecule has 1 aromatic carbocycles. The van der Waals surface area contributed by atoms with Crippen LogP contribution in [0.15, 0.2) is 22.7 Å². The Bertz CT molecular complexity index is 371. The van der Waals surface area contributed by atoms with Crippen molar-refractivity contribution >= 4 is 39.1 Å². The lowest BCUT2D eigenvalue weighted by atomic mass is 10.2. The van der Waals surface area contributed by atoms with E-state index >= 15 is 0 Å². The van der Waals surface area contributed by atoms with E-state index in [2.05, 4.69) is 21.2 Å². The predicted molar refractivity (Wildman–Crippen MR) is 68.7 cm³/mol. The summed E-state index contributed by atoms with van der Waals surface area (Å²) in [5.41, 5.74) is 0.713. The SMILES string of the molecule is O=C(CCCCO)Nc1ccc(Cl)c(Br)c1. The third-order valence-corrected chi connectivity index (χ3v) is 3.23. The molecule has 88 valence electrons. The minimum Gasteiger partial charge on any atom is -0.396 e. The molecule has 2 N–H and O–H groups in total. The van der Waals surface area contributed by atoms with Crippen LogP contribution in [0, 0.1) is 0 Å². The fraction of sp³-hybridized carbons (Fsp3) is 0.364. The first-order chi connectivity index (χ1) is 7.63. The number of carbonyl (C=O) groups is 1. The van der Waals surface area contributed by atoms with Crippen LogP contribution in [0.3, 0.4) is 0 Å². The summed E-state index contributed by atoms with van der Waals surface area (Å²) in [6.45, 7) is 0.125. The molecule has 1 amide bonds. The Morgan fingerprint density at radius 2 is 2.19 bits per heavy atom. The zero-order valence-electron chi connectivity index (χ0n) is 8.67. The highest BCUT2D eigenvalue weighted by Crippen LogP contribution is 2.25. The largest absolute Gasteiger partial charge is 0.396 e. The van der Waals surface area contributed by atoms with Crippen LogP contribution >= 0.6 is 27.5 Å². The summed E-state index contributed by atoms with van der Waals surface area (Å²) < 4.78 is 0.752. The monoisotopic (exact) mass is 305 g/mol. The van der Waals surface area contributed by atoms with Gasteiger partial charge < -0.3 is 10.4 Å². The Labute approximate surface area is 108 Å². The number of hydrogen-bond acceptors (Lipinski definition) is 2. The lowest BCUT2D eigenvalue weighted by Gasteiger charge is -2.06. The molecule has 5 heteroatoms. The van der Waals surface area contributed by atoms with Crippen molar-refractivity contribution in [1.29, 1.82) is 0 Å². The van der Waals surface area contributed by atoms with Crippen molar-refractivity contribution in [2.24, 2.45) is 0 Å². The molecule has 0 heterocycles. The molecule has 0 aliphatic carbocycles. The summed E-state index contributed by atoms with van der Waals surface area (Å²) in [6, 6.07) is 5.22. The van der Waals surface area contributed by atoms with Crippen molar-refractivity contribution in [3.05, 3.63) is 27.7 Å². The number of aliphatic hydroxyl groups excluding tert-OH is 1. The van der Waals surface area contributed by atoms with Gasteiger partial charge in [0, 0.05) is 23.2 Å². The minimum atomic E-state index is -0.0531. The first-order valence-electron chi connectivity index (χ1n) is 4.99. The van der Waals surface area contributed by atoms with Crippen LogP contribution in [0.1, 0.15) is 19.3 Å². The maximum Gasteiger partial charge on any atom is 0.224 e. The highest BCUT2D eigenvalue weighted by atomic mass is 79.9. The first kappa shape index (κ1) is 13.5. The summed E-state index contributed by atoms with van der Waals surface area (Å²) in [7, 11) is 0. The third kappa shape index (κ3) is 4.51. The van der Waals surface area contributed by atoms with Gasteiger partial charge >= 0.3 is 0 Å². The zero-order valence-corrected chi connectivity index (χ0v) is 11.0. The maximum absolute atomic E-state index is 11.4. The van der Waals surface area contributed by atoms with E-state index in [1.165, 1.54) is 0 Å². The lowest BCUT2D eigenvalue weighted by molar-refractivity contribution is -0.116. The fourth-order valence-electron chi connectivity index (χ4n) is 1.19. The van der Waals surface area contributed by atoms with E-state index in [-0.39, 0.29) is 12.5 Å². The third-order valence-electron chi connectivity index (χ3n) is 2.02. The van der Waals surface area contributed by atoms with Crippen LogP contribution in [-0.4, -0.2) is 17.6 Å². The molecule has 0 bridgehead atoms. The van der Waals surface area contributed by atoms with Gasteiger partial charge in [-0.05, 0) is 47.0 Å². The molecular formula is C11H13BrClNO2. The Morgan fingerprint density at radius 3 is 2.81 bits per heavy atom. The minimum absolute atomic E-state index is 0.0531. The van der Waals surface area contributed by atoms with Gasteiger partial charge in [-0.3, -0.25) is 4.79 Å². The number of amides is 1. The van der Waals surface area contributed by atoms with Crippen molar-refractivity contribution in [2.45, 2.75) is 19.3 Å². The van der Waals surface area contributed by atoms with Crippen molar-refractivity contribution in [3.63, 3.8) is 0 Å². The Balaban J connectivity index is 2.46. The number of benzene rings is 1. The topological polar surface area (TPSA) is 49.3 Å². The van der Waals surface area contributed by atoms with E-state index < -0.39 is 0 Å². The van der Waals surface area contributed by atoms with E-state index in [9.17, 15) is 4.79 Å². The standard InChI is InChI=1S/C11H13BrClNO2/c12-9-7-8(4-5-10(9)13)14-11(16)3-1-2-6-15/h4-5,7,15H,1-3,6H2,(H,14,16). The summed E-state index contributed by atoms with van der Waals surface area (Å²) in [5.74, 6) is -0.0531. The maximum atomic E-state index is 11.4. The molecule has 0 fully saturated rings. The van der Waals surface area contributed by atoms with Gasteiger partial charge in [-0.15, -0.1) is 0 Å². The van der Waals surface area contributed by atoms with Crippen molar-refractivity contribution in [3.8, 4) is 0 Å². The van der Waals surface area contributed by atoms with Crippen LogP contribution in [-0.2, 0) is 4.79 Å². The molecule has 0 aromatic heterocycles. The quantitative estimate of drug-likeness (QED) is 0.821. The second kappa shape index (κ2) is 6.89. The molecule has 1 rings (SSSR count). The molecule has 0 saturated carbocycles. The molecule has 0 radical (unpaired) electrons. The van der Waals surface area contributed by atoms with Gasteiger partial charge in [0.05, 0.1) is 5.02 Å². The molecule has 0 unspecified atom stereocenters. The van der Waals surface area contributed by atoms with Crippen LogP contribution < -0.4 is 5.32 Å². The second-order valence-corrected chi connectivity index (χ2v) is 4.62. The molecule has 3 nitrogen and oxygen atoms in total. The van der Waals surface area contributed by atoms with Crippen molar-refractivity contribution < 1.29 is 9.90 Å². The molecule has 0 aliphatic rings. The van der Waals surface area contributed by atoms with Crippen LogP contribution in [0.2, 0.25) is 5.02 Å². The summed E-state index contributed by atoms with van der Waals surface area (Å²) in [4.78, 5) is 11.4. The van der Waals surface area contributed by atoms with Gasteiger partial charge in [0.1, 0.15) is 0 Å². The molecule has 0 atom stereocenters. The number of aliphatic hydroxyl groups is 1. The molecular weight excluding hydrogens is 293 g/mol. The molecule has 1 aromatic rings. The number of anilines is 1. The normalized spacial score (nSPS) is 10.2. The number of unbranched alkanes of at least 4 members (excludes halogenated alkanes) is 1. The zero-order chi connectivity index (χ0) is 12.0. The lowest BCUT2D eigenvalue weighted by Crippen LogP contribution is -2.11. The highest BCUT2D eigenvalue weighted by molar-refractivity contribution is 9.10. The average molecular weight is 307 g/mol. The number of rotatable bonds is 5. The summed E-state index contributed by atoms with van der Waals surface area (Å²) in [6.07, 6.45) is 1.76. The predicted octanol–water partition coefficient (Wildman–Crippen LogP) is 3.20.